The summed E-state index contributed by atoms with van der Waals surface area (Å²) in [6.07, 6.45) is 0.672. The highest BCUT2D eigenvalue weighted by Crippen LogP contribution is 2.26. The minimum atomic E-state index is -3.81. The van der Waals surface area contributed by atoms with E-state index in [2.05, 4.69) is 5.32 Å². The summed E-state index contributed by atoms with van der Waals surface area (Å²) in [5.74, 6) is -0.885. The maximum atomic E-state index is 12.7. The summed E-state index contributed by atoms with van der Waals surface area (Å²) >= 11 is 5.93. The molecule has 1 fully saturated rings. The third-order valence-corrected chi connectivity index (χ3v) is 9.05. The average molecular weight is 442 g/mol. The topological polar surface area (TPSA) is 97.4 Å². The van der Waals surface area contributed by atoms with Crippen LogP contribution in [0.1, 0.15) is 22.3 Å². The van der Waals surface area contributed by atoms with Gasteiger partial charge in [-0.05, 0) is 48.7 Å². The molecule has 1 atom stereocenters. The summed E-state index contributed by atoms with van der Waals surface area (Å²) < 4.78 is 48.7. The predicted octanol–water partition coefficient (Wildman–Crippen LogP) is 2.27. The summed E-state index contributed by atoms with van der Waals surface area (Å²) in [4.78, 5) is 12.3. The van der Waals surface area contributed by atoms with Crippen molar-refractivity contribution in [2.45, 2.75) is 23.0 Å². The van der Waals surface area contributed by atoms with Crippen LogP contribution in [0.5, 0.6) is 0 Å². The zero-order chi connectivity index (χ0) is 20.4. The molecule has 0 aromatic heterocycles. The Labute approximate surface area is 169 Å². The van der Waals surface area contributed by atoms with Gasteiger partial charge in [-0.15, -0.1) is 0 Å². The van der Waals surface area contributed by atoms with Crippen molar-refractivity contribution in [3.8, 4) is 0 Å². The monoisotopic (exact) mass is 441 g/mol. The molecule has 1 aliphatic rings. The van der Waals surface area contributed by atoms with Gasteiger partial charge in [-0.2, -0.15) is 0 Å². The van der Waals surface area contributed by atoms with E-state index in [1.165, 1.54) is 24.3 Å². The second-order valence-corrected chi connectivity index (χ2v) is 11.6. The van der Waals surface area contributed by atoms with E-state index in [0.29, 0.717) is 18.0 Å². The fourth-order valence-electron chi connectivity index (χ4n) is 3.13. The van der Waals surface area contributed by atoms with E-state index in [0.717, 1.165) is 5.56 Å². The normalized spacial score (nSPS) is 18.7. The smallest absolute Gasteiger partial charge is 0.251 e. The molecule has 1 amide bonds. The van der Waals surface area contributed by atoms with Gasteiger partial charge in [0.05, 0.1) is 21.7 Å². The molecule has 2 aromatic carbocycles. The molecule has 0 aliphatic carbocycles. The van der Waals surface area contributed by atoms with Gasteiger partial charge in [0.15, 0.2) is 19.7 Å². The molecular formula is C19H20ClNO5S2. The van der Waals surface area contributed by atoms with E-state index >= 15 is 0 Å². The van der Waals surface area contributed by atoms with E-state index < -0.39 is 30.8 Å². The highest BCUT2D eigenvalue weighted by molar-refractivity contribution is 7.96. The summed E-state index contributed by atoms with van der Waals surface area (Å²) in [6, 6.07) is 13.0. The number of nitrogens with one attached hydrogen (secondary N) is 1. The standard InChI is InChI=1S/C19H20ClNO5S2/c20-16-5-1-3-14(11-16)7-9-21-19(22)15-4-2-6-17(12-15)28(25,26)18-8-10-27(23,24)13-18/h1-6,11-12,18H,7-10,13H2,(H,21,22). The first-order chi connectivity index (χ1) is 13.2. The van der Waals surface area contributed by atoms with Gasteiger partial charge in [0, 0.05) is 17.1 Å². The Kier molecular flexibility index (Phi) is 6.12. The van der Waals surface area contributed by atoms with E-state index in [-0.39, 0.29) is 28.4 Å². The molecule has 1 heterocycles. The van der Waals surface area contributed by atoms with Crippen LogP contribution in [0, 0.1) is 0 Å². The molecule has 1 N–H and O–H groups in total. The first-order valence-electron chi connectivity index (χ1n) is 8.74. The number of rotatable bonds is 6. The van der Waals surface area contributed by atoms with Crippen molar-refractivity contribution in [3.63, 3.8) is 0 Å². The second kappa shape index (κ2) is 8.23. The fourth-order valence-corrected chi connectivity index (χ4v) is 7.74. The molecule has 28 heavy (non-hydrogen) atoms. The molecule has 0 radical (unpaired) electrons. The number of benzene rings is 2. The Balaban J connectivity index is 1.68. The minimum absolute atomic E-state index is 0.0305. The molecule has 3 rings (SSSR count). The Morgan fingerprint density at radius 1 is 1.14 bits per heavy atom. The van der Waals surface area contributed by atoms with Crippen LogP contribution in [-0.2, 0) is 26.1 Å². The first kappa shape index (κ1) is 20.8. The van der Waals surface area contributed by atoms with Gasteiger partial charge in [0.1, 0.15) is 0 Å². The lowest BCUT2D eigenvalue weighted by atomic mass is 10.1. The third-order valence-electron chi connectivity index (χ3n) is 4.64. The van der Waals surface area contributed by atoms with Crippen LogP contribution >= 0.6 is 11.6 Å². The number of amides is 1. The van der Waals surface area contributed by atoms with Crippen LogP contribution in [0.25, 0.3) is 0 Å². The van der Waals surface area contributed by atoms with Gasteiger partial charge in [-0.25, -0.2) is 16.8 Å². The average Bonchev–Trinajstić information content (AvgIpc) is 3.02. The molecule has 0 bridgehead atoms. The number of halogens is 1. The molecule has 1 aliphatic heterocycles. The van der Waals surface area contributed by atoms with Crippen molar-refractivity contribution in [1.29, 1.82) is 0 Å². The molecule has 9 heteroatoms. The summed E-state index contributed by atoms with van der Waals surface area (Å²) in [7, 11) is -7.13. The van der Waals surface area contributed by atoms with Crippen molar-refractivity contribution in [1.82, 2.24) is 5.32 Å². The largest absolute Gasteiger partial charge is 0.352 e. The summed E-state index contributed by atoms with van der Waals surface area (Å²) in [6.45, 7) is 0.372. The Hall–Kier alpha value is -1.90. The number of carbonyl (C=O) groups is 1. The van der Waals surface area contributed by atoms with Crippen molar-refractivity contribution >= 4 is 37.2 Å². The van der Waals surface area contributed by atoms with Gasteiger partial charge in [0.2, 0.25) is 0 Å². The zero-order valence-electron chi connectivity index (χ0n) is 15.0. The summed E-state index contributed by atoms with van der Waals surface area (Å²) in [5.41, 5.74) is 1.19. The highest BCUT2D eigenvalue weighted by Gasteiger charge is 2.38. The maximum absolute atomic E-state index is 12.7. The minimum Gasteiger partial charge on any atom is -0.352 e. The molecule has 1 saturated heterocycles. The van der Waals surface area contributed by atoms with Crippen molar-refractivity contribution in [3.05, 3.63) is 64.7 Å². The van der Waals surface area contributed by atoms with E-state index in [4.69, 9.17) is 11.6 Å². The number of hydrogen-bond acceptors (Lipinski definition) is 5. The van der Waals surface area contributed by atoms with Gasteiger partial charge in [-0.3, -0.25) is 4.79 Å². The van der Waals surface area contributed by atoms with Gasteiger partial charge in [0.25, 0.3) is 5.91 Å². The van der Waals surface area contributed by atoms with Crippen LogP contribution in [0.2, 0.25) is 5.02 Å². The van der Waals surface area contributed by atoms with E-state index in [1.807, 2.05) is 18.2 Å². The lowest BCUT2D eigenvalue weighted by Gasteiger charge is -2.11. The number of hydrogen-bond donors (Lipinski definition) is 1. The highest BCUT2D eigenvalue weighted by atomic mass is 35.5. The van der Waals surface area contributed by atoms with Crippen LogP contribution in [0.15, 0.2) is 53.4 Å². The Morgan fingerprint density at radius 2 is 1.89 bits per heavy atom. The lowest BCUT2D eigenvalue weighted by Crippen LogP contribution is -2.26. The number of carbonyl (C=O) groups excluding carboxylic acids is 1. The predicted molar refractivity (Wildman–Crippen MR) is 108 cm³/mol. The third kappa shape index (κ3) is 4.92. The molecule has 1 unspecified atom stereocenters. The van der Waals surface area contributed by atoms with Gasteiger partial charge < -0.3 is 5.32 Å². The molecule has 2 aromatic rings. The van der Waals surface area contributed by atoms with Crippen molar-refractivity contribution in [2.75, 3.05) is 18.1 Å². The van der Waals surface area contributed by atoms with E-state index in [1.54, 1.807) is 6.07 Å². The van der Waals surface area contributed by atoms with Gasteiger partial charge in [-0.1, -0.05) is 29.8 Å². The molecule has 150 valence electrons. The molecule has 0 spiro atoms. The fraction of sp³-hybridized carbons (Fsp3) is 0.316. The number of sulfone groups is 2. The Morgan fingerprint density at radius 3 is 2.57 bits per heavy atom. The van der Waals surface area contributed by atoms with Crippen LogP contribution in [0.4, 0.5) is 0 Å². The molecular weight excluding hydrogens is 422 g/mol. The van der Waals surface area contributed by atoms with Crippen LogP contribution in [0.3, 0.4) is 0 Å². The first-order valence-corrected chi connectivity index (χ1v) is 12.5. The maximum Gasteiger partial charge on any atom is 0.251 e. The zero-order valence-corrected chi connectivity index (χ0v) is 17.4. The van der Waals surface area contributed by atoms with Gasteiger partial charge >= 0.3 is 0 Å². The SMILES string of the molecule is O=C(NCCc1cccc(Cl)c1)c1cccc(S(=O)(=O)C2CCS(=O)(=O)C2)c1. The van der Waals surface area contributed by atoms with Crippen LogP contribution < -0.4 is 5.32 Å². The van der Waals surface area contributed by atoms with Crippen LogP contribution in [-0.4, -0.2) is 46.0 Å². The molecule has 6 nitrogen and oxygen atoms in total. The quantitative estimate of drug-likeness (QED) is 0.741. The molecule has 0 saturated carbocycles. The lowest BCUT2D eigenvalue weighted by molar-refractivity contribution is 0.0954. The van der Waals surface area contributed by atoms with Crippen molar-refractivity contribution in [2.24, 2.45) is 0 Å². The van der Waals surface area contributed by atoms with Crippen molar-refractivity contribution < 1.29 is 21.6 Å². The summed E-state index contributed by atoms with van der Waals surface area (Å²) in [5, 5.41) is 2.42. The Bertz CT molecular complexity index is 1100. The second-order valence-electron chi connectivity index (χ2n) is 6.73. The van der Waals surface area contributed by atoms with E-state index in [9.17, 15) is 21.6 Å².